The summed E-state index contributed by atoms with van der Waals surface area (Å²) in [5.74, 6) is 0. The van der Waals surface area contributed by atoms with Crippen LogP contribution in [0.25, 0.3) is 0 Å². The highest BCUT2D eigenvalue weighted by Crippen LogP contribution is 2.22. The Morgan fingerprint density at radius 1 is 1.44 bits per heavy atom. The van der Waals surface area contributed by atoms with Crippen LogP contribution in [0.3, 0.4) is 0 Å². The molecule has 0 spiro atoms. The lowest BCUT2D eigenvalue weighted by Crippen LogP contribution is -2.29. The van der Waals surface area contributed by atoms with E-state index in [4.69, 9.17) is 0 Å². The summed E-state index contributed by atoms with van der Waals surface area (Å²) in [5, 5.41) is 12.7. The Morgan fingerprint density at radius 2 is 2.12 bits per heavy atom. The van der Waals surface area contributed by atoms with Gasteiger partial charge in [-0.2, -0.15) is 0 Å². The molecular formula is C13H20INO. The predicted octanol–water partition coefficient (Wildman–Crippen LogP) is 3.42. The molecule has 1 rings (SSSR count). The molecule has 0 saturated heterocycles. The average molecular weight is 333 g/mol. The summed E-state index contributed by atoms with van der Waals surface area (Å²) < 4.78 is 1.27. The Kier molecular flexibility index (Phi) is 5.05. The third-order valence-electron chi connectivity index (χ3n) is 3.13. The van der Waals surface area contributed by atoms with E-state index in [1.165, 1.54) is 9.13 Å². The van der Waals surface area contributed by atoms with E-state index in [1.807, 2.05) is 0 Å². The summed E-state index contributed by atoms with van der Waals surface area (Å²) in [5.41, 5.74) is 2.39. The minimum Gasteiger partial charge on any atom is -0.396 e. The van der Waals surface area contributed by atoms with Crippen LogP contribution in [0.1, 0.15) is 25.8 Å². The van der Waals surface area contributed by atoms with Gasteiger partial charge in [0.2, 0.25) is 0 Å². The first kappa shape index (κ1) is 13.8. The number of nitrogens with one attached hydrogen (secondary N) is 1. The van der Waals surface area contributed by atoms with Crippen molar-refractivity contribution in [1.82, 2.24) is 0 Å². The molecule has 2 nitrogen and oxygen atoms in total. The predicted molar refractivity (Wildman–Crippen MR) is 77.9 cm³/mol. The largest absolute Gasteiger partial charge is 0.396 e. The first-order chi connectivity index (χ1) is 7.50. The van der Waals surface area contributed by atoms with Crippen molar-refractivity contribution in [2.75, 3.05) is 18.5 Å². The van der Waals surface area contributed by atoms with Crippen LogP contribution in [0.4, 0.5) is 5.69 Å². The minimum absolute atomic E-state index is 0.0314. The fourth-order valence-corrected chi connectivity index (χ4v) is 1.83. The van der Waals surface area contributed by atoms with Gasteiger partial charge in [-0.25, -0.2) is 0 Å². The second kappa shape index (κ2) is 5.87. The van der Waals surface area contributed by atoms with Gasteiger partial charge >= 0.3 is 0 Å². The quantitative estimate of drug-likeness (QED) is 0.810. The number of aliphatic hydroxyl groups excluding tert-OH is 1. The van der Waals surface area contributed by atoms with Crippen molar-refractivity contribution in [3.63, 3.8) is 0 Å². The highest BCUT2D eigenvalue weighted by Gasteiger charge is 2.20. The van der Waals surface area contributed by atoms with Gasteiger partial charge in [-0.1, -0.05) is 19.9 Å². The molecule has 1 aromatic rings. The molecule has 1 atom stereocenters. The van der Waals surface area contributed by atoms with E-state index >= 15 is 0 Å². The molecule has 0 saturated carbocycles. The van der Waals surface area contributed by atoms with Gasteiger partial charge < -0.3 is 10.4 Å². The number of halogens is 1. The van der Waals surface area contributed by atoms with Gasteiger partial charge in [0.25, 0.3) is 0 Å². The molecule has 0 aromatic heterocycles. The topological polar surface area (TPSA) is 32.3 Å². The fraction of sp³-hybridized carbons (Fsp3) is 0.538. The fourth-order valence-electron chi connectivity index (χ4n) is 1.31. The van der Waals surface area contributed by atoms with Crippen LogP contribution >= 0.6 is 22.6 Å². The van der Waals surface area contributed by atoms with Crippen molar-refractivity contribution in [3.05, 3.63) is 27.3 Å². The standard InChI is InChI=1S/C13H20INO/c1-4-13(3,9-16)8-15-11-6-5-10(2)12(14)7-11/h5-7,15-16H,4,8-9H2,1-3H3. The van der Waals surface area contributed by atoms with Gasteiger partial charge in [-0.05, 0) is 53.6 Å². The highest BCUT2D eigenvalue weighted by molar-refractivity contribution is 14.1. The van der Waals surface area contributed by atoms with Crippen LogP contribution in [0.15, 0.2) is 18.2 Å². The SMILES string of the molecule is CCC(C)(CO)CNc1ccc(C)c(I)c1. The molecule has 0 radical (unpaired) electrons. The second-order valence-electron chi connectivity index (χ2n) is 4.64. The molecule has 0 fully saturated rings. The Labute approximate surface area is 112 Å². The molecule has 0 heterocycles. The number of hydrogen-bond acceptors (Lipinski definition) is 2. The summed E-state index contributed by atoms with van der Waals surface area (Å²) >= 11 is 2.34. The Hall–Kier alpha value is -0.290. The smallest absolute Gasteiger partial charge is 0.0501 e. The van der Waals surface area contributed by atoms with Gasteiger partial charge in [0.1, 0.15) is 0 Å². The molecule has 1 aromatic carbocycles. The maximum Gasteiger partial charge on any atom is 0.0501 e. The second-order valence-corrected chi connectivity index (χ2v) is 5.80. The van der Waals surface area contributed by atoms with E-state index in [9.17, 15) is 5.11 Å². The third-order valence-corrected chi connectivity index (χ3v) is 4.29. The average Bonchev–Trinajstić information content (AvgIpc) is 2.30. The van der Waals surface area contributed by atoms with Gasteiger partial charge in [0, 0.05) is 21.2 Å². The molecule has 0 aliphatic carbocycles. The third kappa shape index (κ3) is 3.63. The van der Waals surface area contributed by atoms with Crippen LogP contribution in [0.2, 0.25) is 0 Å². The molecule has 0 aliphatic rings. The van der Waals surface area contributed by atoms with E-state index in [2.05, 4.69) is 66.9 Å². The lowest BCUT2D eigenvalue weighted by Gasteiger charge is -2.26. The summed E-state index contributed by atoms with van der Waals surface area (Å²) in [6, 6.07) is 6.35. The van der Waals surface area contributed by atoms with E-state index in [1.54, 1.807) is 0 Å². The molecule has 16 heavy (non-hydrogen) atoms. The zero-order chi connectivity index (χ0) is 12.2. The van der Waals surface area contributed by atoms with Crippen LogP contribution in [-0.2, 0) is 0 Å². The van der Waals surface area contributed by atoms with Crippen molar-refractivity contribution < 1.29 is 5.11 Å². The number of aliphatic hydroxyl groups is 1. The molecule has 2 N–H and O–H groups in total. The number of rotatable bonds is 5. The summed E-state index contributed by atoms with van der Waals surface area (Å²) in [7, 11) is 0. The van der Waals surface area contributed by atoms with Crippen molar-refractivity contribution in [2.24, 2.45) is 5.41 Å². The maximum atomic E-state index is 9.32. The van der Waals surface area contributed by atoms with E-state index in [0.717, 1.165) is 18.7 Å². The van der Waals surface area contributed by atoms with Crippen molar-refractivity contribution in [3.8, 4) is 0 Å². The lowest BCUT2D eigenvalue weighted by molar-refractivity contribution is 0.149. The molecule has 1 unspecified atom stereocenters. The Morgan fingerprint density at radius 3 is 2.62 bits per heavy atom. The zero-order valence-electron chi connectivity index (χ0n) is 10.2. The van der Waals surface area contributed by atoms with Crippen molar-refractivity contribution >= 4 is 28.3 Å². The van der Waals surface area contributed by atoms with Crippen molar-refractivity contribution in [2.45, 2.75) is 27.2 Å². The lowest BCUT2D eigenvalue weighted by atomic mass is 9.88. The summed E-state index contributed by atoms with van der Waals surface area (Å²) in [6.45, 7) is 7.34. The van der Waals surface area contributed by atoms with Gasteiger partial charge in [0.05, 0.1) is 6.61 Å². The minimum atomic E-state index is -0.0314. The number of aryl methyl sites for hydroxylation is 1. The number of anilines is 1. The van der Waals surface area contributed by atoms with Gasteiger partial charge in [-0.15, -0.1) is 0 Å². The summed E-state index contributed by atoms with van der Waals surface area (Å²) in [6.07, 6.45) is 0.972. The van der Waals surface area contributed by atoms with Crippen LogP contribution in [0.5, 0.6) is 0 Å². The highest BCUT2D eigenvalue weighted by atomic mass is 127. The van der Waals surface area contributed by atoms with E-state index in [0.29, 0.717) is 0 Å². The van der Waals surface area contributed by atoms with Crippen LogP contribution < -0.4 is 5.32 Å². The molecule has 90 valence electrons. The zero-order valence-corrected chi connectivity index (χ0v) is 12.3. The van der Waals surface area contributed by atoms with Gasteiger partial charge in [-0.3, -0.25) is 0 Å². The first-order valence-electron chi connectivity index (χ1n) is 5.61. The molecule has 0 amide bonds. The maximum absolute atomic E-state index is 9.32. The molecule has 0 bridgehead atoms. The number of hydrogen-bond donors (Lipinski definition) is 2. The van der Waals surface area contributed by atoms with Crippen molar-refractivity contribution in [1.29, 1.82) is 0 Å². The van der Waals surface area contributed by atoms with Crippen LogP contribution in [0, 0.1) is 15.9 Å². The van der Waals surface area contributed by atoms with Crippen LogP contribution in [-0.4, -0.2) is 18.3 Å². The van der Waals surface area contributed by atoms with E-state index in [-0.39, 0.29) is 12.0 Å². The first-order valence-corrected chi connectivity index (χ1v) is 6.69. The normalized spacial score (nSPS) is 14.6. The Balaban J connectivity index is 2.64. The summed E-state index contributed by atoms with van der Waals surface area (Å²) in [4.78, 5) is 0. The molecule has 3 heteroatoms. The monoisotopic (exact) mass is 333 g/mol. The molecule has 0 aliphatic heterocycles. The van der Waals surface area contributed by atoms with E-state index < -0.39 is 0 Å². The van der Waals surface area contributed by atoms with Gasteiger partial charge in [0.15, 0.2) is 0 Å². The Bertz CT molecular complexity index is 348. The number of benzene rings is 1. The molecular weight excluding hydrogens is 313 g/mol.